The van der Waals surface area contributed by atoms with Crippen LogP contribution in [0.5, 0.6) is 11.5 Å². The van der Waals surface area contributed by atoms with E-state index in [-0.39, 0.29) is 36.4 Å². The molecule has 3 unspecified atom stereocenters. The van der Waals surface area contributed by atoms with Crippen LogP contribution in [0.4, 0.5) is 0 Å². The van der Waals surface area contributed by atoms with E-state index in [2.05, 4.69) is 0 Å². The molecule has 2 aliphatic rings. The molecule has 168 valence electrons. The lowest BCUT2D eigenvalue weighted by molar-refractivity contribution is -0.160. The summed E-state index contributed by atoms with van der Waals surface area (Å²) >= 11 is 0. The number of rotatable bonds is 7. The van der Waals surface area contributed by atoms with Crippen molar-refractivity contribution in [3.63, 3.8) is 0 Å². The summed E-state index contributed by atoms with van der Waals surface area (Å²) in [5.74, 6) is -8.84. The van der Waals surface area contributed by atoms with Crippen molar-refractivity contribution in [3.05, 3.63) is 23.3 Å². The second kappa shape index (κ2) is 9.56. The minimum absolute atomic E-state index is 0.0373. The summed E-state index contributed by atoms with van der Waals surface area (Å²) in [5.41, 5.74) is 6.04. The second-order valence-corrected chi connectivity index (χ2v) is 7.65. The van der Waals surface area contributed by atoms with Gasteiger partial charge in [0.1, 0.15) is 12.1 Å². The van der Waals surface area contributed by atoms with E-state index in [1.54, 1.807) is 13.8 Å². The van der Waals surface area contributed by atoms with Crippen LogP contribution in [-0.2, 0) is 16.0 Å². The van der Waals surface area contributed by atoms with E-state index in [0.29, 0.717) is 5.56 Å². The van der Waals surface area contributed by atoms with Crippen LogP contribution in [0.2, 0.25) is 0 Å². The van der Waals surface area contributed by atoms with Gasteiger partial charge < -0.3 is 19.9 Å². The number of benzene rings is 1. The number of methoxy groups -OCH3 is 2. The van der Waals surface area contributed by atoms with Gasteiger partial charge in [-0.15, -0.1) is 0 Å². The van der Waals surface area contributed by atoms with E-state index in [9.17, 15) is 8.91 Å². The minimum atomic E-state index is -4.01. The molecule has 2 aliphatic heterocycles. The maximum atomic E-state index is 13.6. The molecular formula is C24H38N2O4. The first-order valence-corrected chi connectivity index (χ1v) is 9.60. The Bertz CT molecular complexity index is 1310. The topological polar surface area (TPSA) is 74.0 Å². The number of fused-ring (bicyclic) bond motifs is 3. The maximum Gasteiger partial charge on any atom is 0.323 e. The fourth-order valence-corrected chi connectivity index (χ4v) is 3.64. The molecule has 0 spiro atoms. The Kier molecular flexibility index (Phi) is 3.12. The van der Waals surface area contributed by atoms with E-state index in [0.717, 1.165) is 4.90 Å². The molecule has 0 saturated carbocycles. The highest BCUT2D eigenvalue weighted by Gasteiger charge is 2.41. The minimum Gasteiger partial charge on any atom is -0.493 e. The number of piperidine rings is 1. The van der Waals surface area contributed by atoms with Crippen molar-refractivity contribution in [1.29, 1.82) is 0 Å². The van der Waals surface area contributed by atoms with Crippen LogP contribution in [0.25, 0.3) is 0 Å². The molecule has 1 fully saturated rings. The molecular weight excluding hydrogens is 380 g/mol. The summed E-state index contributed by atoms with van der Waals surface area (Å²) in [6.45, 7) is -7.23. The average Bonchev–Trinajstić information content (AvgIpc) is 2.86. The van der Waals surface area contributed by atoms with Crippen molar-refractivity contribution in [2.75, 3.05) is 27.2 Å². The van der Waals surface area contributed by atoms with Crippen molar-refractivity contribution in [3.8, 4) is 11.5 Å². The smallest absolute Gasteiger partial charge is 0.323 e. The third-order valence-corrected chi connectivity index (χ3v) is 5.08. The first-order chi connectivity index (χ1) is 20.4. The summed E-state index contributed by atoms with van der Waals surface area (Å²) in [6, 6.07) is -3.13. The van der Waals surface area contributed by atoms with Crippen molar-refractivity contribution in [2.24, 2.45) is 23.5 Å². The molecule has 0 aromatic heterocycles. The van der Waals surface area contributed by atoms with Crippen LogP contribution in [-0.4, -0.2) is 50.2 Å². The van der Waals surface area contributed by atoms with E-state index in [4.69, 9.17) is 37.8 Å². The summed E-state index contributed by atoms with van der Waals surface area (Å²) in [5, 5.41) is 0. The third kappa shape index (κ3) is 4.75. The van der Waals surface area contributed by atoms with Gasteiger partial charge in [-0.05, 0) is 47.9 Å². The standard InChI is InChI=1S/C24H38N2O4/c1-14(2)9-17-13-26-8-7-16-10-21(28-5)22(29-6)11-18(16)19(26)12-20(17)30-24(27)23(25)15(3)4/h10-11,14-15,17,19-20,23H,7-9,12-13,25H2,1-6H3/t17?,19?,20?,23-/m0/s1/i3D3,4D3,5D3,12D2,13D2,15D,20D,23D. The number of esters is 1. The molecule has 1 aromatic rings. The summed E-state index contributed by atoms with van der Waals surface area (Å²) in [6.07, 6.45) is -6.57. The Morgan fingerprint density at radius 1 is 1.40 bits per heavy atom. The molecule has 3 rings (SSSR count). The van der Waals surface area contributed by atoms with Gasteiger partial charge in [0.15, 0.2) is 11.5 Å². The van der Waals surface area contributed by atoms with Crippen LogP contribution in [0.1, 0.15) is 79.4 Å². The summed E-state index contributed by atoms with van der Waals surface area (Å²) < 4.78 is 147. The van der Waals surface area contributed by atoms with E-state index >= 15 is 0 Å². The van der Waals surface area contributed by atoms with Crippen LogP contribution >= 0.6 is 0 Å². The highest BCUT2D eigenvalue weighted by Crippen LogP contribution is 2.44. The van der Waals surface area contributed by atoms with Crippen LogP contribution in [0, 0.1) is 17.7 Å². The number of carbonyl (C=O) groups is 1. The monoisotopic (exact) mass is 434 g/mol. The first-order valence-electron chi connectivity index (χ1n) is 17.6. The lowest BCUT2D eigenvalue weighted by atomic mass is 9.79. The van der Waals surface area contributed by atoms with E-state index in [1.807, 2.05) is 0 Å². The normalized spacial score (nSPS) is 41.2. The molecule has 6 heteroatoms. The quantitative estimate of drug-likeness (QED) is 0.662. The Hall–Kier alpha value is -1.79. The fourth-order valence-electron chi connectivity index (χ4n) is 3.64. The third-order valence-electron chi connectivity index (χ3n) is 5.08. The van der Waals surface area contributed by atoms with Crippen molar-refractivity contribution in [1.82, 2.24) is 4.90 Å². The van der Waals surface area contributed by atoms with Gasteiger partial charge in [0, 0.05) is 46.5 Å². The van der Waals surface area contributed by atoms with Gasteiger partial charge in [-0.25, -0.2) is 0 Å². The first kappa shape index (κ1) is 9.78. The van der Waals surface area contributed by atoms with Gasteiger partial charge in [-0.3, -0.25) is 9.69 Å². The Balaban J connectivity index is 2.29. The maximum absolute atomic E-state index is 13.6. The molecule has 1 aromatic carbocycles. The number of carbonyl (C=O) groups excluding carboxylic acids is 1. The molecule has 2 heterocycles. The van der Waals surface area contributed by atoms with Gasteiger partial charge in [-0.2, -0.15) is 0 Å². The zero-order valence-electron chi connectivity index (χ0n) is 33.2. The number of nitrogens with zero attached hydrogens (tertiary/aromatic N) is 1. The van der Waals surface area contributed by atoms with Gasteiger partial charge in [-0.1, -0.05) is 27.6 Å². The number of hydrogen-bond acceptors (Lipinski definition) is 6. The van der Waals surface area contributed by atoms with Crippen molar-refractivity contribution < 1.29 is 40.9 Å². The van der Waals surface area contributed by atoms with Gasteiger partial charge >= 0.3 is 5.97 Å². The van der Waals surface area contributed by atoms with Crippen LogP contribution in [0.15, 0.2) is 12.1 Å². The van der Waals surface area contributed by atoms with Crippen LogP contribution < -0.4 is 15.2 Å². The van der Waals surface area contributed by atoms with Gasteiger partial charge in [0.2, 0.25) is 0 Å². The fraction of sp³-hybridized carbons (Fsp3) is 0.708. The molecule has 30 heavy (non-hydrogen) atoms. The SMILES string of the molecule is [2H]C([2H])([2H])Oc1cc2c(cc1OC)C1N(CC2)C([2H])([2H])C(CC(C)C)C([2H])(OC(=O)[C@@]([2H])(N)C([2H])(C([2H])([2H])[2H])C([2H])([2H])[2H])C1([2H])[2H]. The van der Waals surface area contributed by atoms with Crippen LogP contribution in [0.3, 0.4) is 0 Å². The van der Waals surface area contributed by atoms with Crippen molar-refractivity contribution in [2.45, 2.75) is 64.9 Å². The molecule has 1 saturated heterocycles. The molecule has 6 nitrogen and oxygen atoms in total. The Morgan fingerprint density at radius 2 is 2.17 bits per heavy atom. The Morgan fingerprint density at radius 3 is 2.83 bits per heavy atom. The predicted octanol–water partition coefficient (Wildman–Crippen LogP) is 3.56. The molecule has 0 bridgehead atoms. The molecule has 0 aliphatic carbocycles. The molecule has 0 radical (unpaired) electrons. The zero-order chi connectivity index (χ0) is 35.9. The average molecular weight is 435 g/mol. The number of ether oxygens (including phenoxy) is 3. The Labute approximate surface area is 203 Å². The van der Waals surface area contributed by atoms with Crippen molar-refractivity contribution >= 4 is 5.97 Å². The number of nitrogens with two attached hydrogens (primary N) is 1. The lowest BCUT2D eigenvalue weighted by Gasteiger charge is -2.47. The second-order valence-electron chi connectivity index (χ2n) is 7.65. The molecule has 2 N–H and O–H groups in total. The van der Waals surface area contributed by atoms with Gasteiger partial charge in [0.25, 0.3) is 0 Å². The highest BCUT2D eigenvalue weighted by atomic mass is 16.5. The largest absolute Gasteiger partial charge is 0.493 e. The molecule has 0 amide bonds. The van der Waals surface area contributed by atoms with E-state index in [1.165, 1.54) is 19.2 Å². The summed E-state index contributed by atoms with van der Waals surface area (Å²) in [7, 11) is -1.69. The summed E-state index contributed by atoms with van der Waals surface area (Å²) in [4.78, 5) is 14.8. The van der Waals surface area contributed by atoms with E-state index < -0.39 is 75.5 Å². The van der Waals surface area contributed by atoms with Gasteiger partial charge in [0.05, 0.1) is 21.0 Å². The highest BCUT2D eigenvalue weighted by molar-refractivity contribution is 5.76. The predicted molar refractivity (Wildman–Crippen MR) is 118 cm³/mol. The molecule has 4 atom stereocenters. The zero-order valence-corrected chi connectivity index (χ0v) is 17.2. The number of hydrogen-bond donors (Lipinski definition) is 1. The lowest BCUT2D eigenvalue weighted by Crippen LogP contribution is -2.51.